The zero-order valence-corrected chi connectivity index (χ0v) is 9.43. The van der Waals surface area contributed by atoms with Crippen molar-refractivity contribution in [2.24, 2.45) is 0 Å². The molecule has 1 saturated heterocycles. The van der Waals surface area contributed by atoms with Crippen molar-refractivity contribution in [2.75, 3.05) is 19.6 Å². The summed E-state index contributed by atoms with van der Waals surface area (Å²) in [5.74, 6) is -0.787. The highest BCUT2D eigenvalue weighted by atomic mass is 16.4. The number of carbonyl (C=O) groups is 1. The zero-order valence-electron chi connectivity index (χ0n) is 9.43. The smallest absolute Gasteiger partial charge is 0.322 e. The van der Waals surface area contributed by atoms with E-state index in [-0.39, 0.29) is 12.1 Å². The number of aliphatic hydroxyl groups is 1. The van der Waals surface area contributed by atoms with Crippen LogP contribution in [0.5, 0.6) is 0 Å². The molecule has 0 aromatic heterocycles. The highest BCUT2D eigenvalue weighted by Gasteiger charge is 2.37. The van der Waals surface area contributed by atoms with Gasteiger partial charge in [0.2, 0.25) is 0 Å². The van der Waals surface area contributed by atoms with Gasteiger partial charge in [0.1, 0.15) is 6.04 Å². The van der Waals surface area contributed by atoms with Crippen LogP contribution in [0.15, 0.2) is 0 Å². The second kappa shape index (κ2) is 5.12. The van der Waals surface area contributed by atoms with Gasteiger partial charge >= 0.3 is 5.97 Å². The molecule has 2 fully saturated rings. The van der Waals surface area contributed by atoms with Gasteiger partial charge in [-0.05, 0) is 12.8 Å². The van der Waals surface area contributed by atoms with E-state index in [1.54, 1.807) is 0 Å². The minimum atomic E-state index is -0.787. The lowest BCUT2D eigenvalue weighted by molar-refractivity contribution is -0.147. The zero-order chi connectivity index (χ0) is 11.5. The predicted molar refractivity (Wildman–Crippen MR) is 59.3 cm³/mol. The quantitative estimate of drug-likeness (QED) is 0.602. The lowest BCUT2D eigenvalue weighted by Gasteiger charge is -2.43. The molecule has 3 N–H and O–H groups in total. The number of carboxylic acids is 1. The summed E-state index contributed by atoms with van der Waals surface area (Å²) in [5, 5.41) is 22.2. The molecular formula is C11H20N2O3. The van der Waals surface area contributed by atoms with E-state index < -0.39 is 12.0 Å². The maximum atomic E-state index is 11.2. The normalized spacial score (nSPS) is 37.2. The molecule has 16 heavy (non-hydrogen) atoms. The summed E-state index contributed by atoms with van der Waals surface area (Å²) in [6.07, 6.45) is 3.53. The van der Waals surface area contributed by atoms with Crippen LogP contribution in [0.25, 0.3) is 0 Å². The van der Waals surface area contributed by atoms with Crippen molar-refractivity contribution < 1.29 is 15.0 Å². The molecule has 2 rings (SSSR count). The Balaban J connectivity index is 2.06. The molecule has 0 aromatic rings. The molecule has 5 nitrogen and oxygen atoms in total. The van der Waals surface area contributed by atoms with E-state index in [4.69, 9.17) is 5.11 Å². The summed E-state index contributed by atoms with van der Waals surface area (Å²) < 4.78 is 0. The molecule has 0 bridgehead atoms. The molecule has 92 valence electrons. The summed E-state index contributed by atoms with van der Waals surface area (Å²) in [6, 6.07) is -0.441. The van der Waals surface area contributed by atoms with Crippen molar-refractivity contribution >= 4 is 5.97 Å². The molecule has 3 unspecified atom stereocenters. The van der Waals surface area contributed by atoms with Crippen molar-refractivity contribution in [2.45, 2.75) is 43.9 Å². The van der Waals surface area contributed by atoms with E-state index >= 15 is 0 Å². The summed E-state index contributed by atoms with van der Waals surface area (Å²) in [5.41, 5.74) is 0. The third kappa shape index (κ3) is 2.36. The Labute approximate surface area is 95.4 Å². The SMILES string of the molecule is O=C(O)C1CNCCN1C1CCCCC1O. The Hall–Kier alpha value is -0.650. The van der Waals surface area contributed by atoms with Crippen LogP contribution in [0.1, 0.15) is 25.7 Å². The van der Waals surface area contributed by atoms with E-state index in [0.717, 1.165) is 38.8 Å². The molecule has 3 atom stereocenters. The van der Waals surface area contributed by atoms with Crippen molar-refractivity contribution in [3.8, 4) is 0 Å². The molecule has 1 saturated carbocycles. The highest BCUT2D eigenvalue weighted by molar-refractivity contribution is 5.74. The van der Waals surface area contributed by atoms with Crippen LogP contribution in [0.2, 0.25) is 0 Å². The molecule has 2 aliphatic rings. The number of nitrogens with one attached hydrogen (secondary N) is 1. The molecule has 0 radical (unpaired) electrons. The molecule has 1 aliphatic carbocycles. The van der Waals surface area contributed by atoms with Gasteiger partial charge < -0.3 is 15.5 Å². The first kappa shape index (κ1) is 11.8. The first-order chi connectivity index (χ1) is 7.70. The molecule has 0 amide bonds. The van der Waals surface area contributed by atoms with Gasteiger partial charge in [-0.15, -0.1) is 0 Å². The molecule has 1 aliphatic heterocycles. The first-order valence-corrected chi connectivity index (χ1v) is 6.07. The van der Waals surface area contributed by atoms with Crippen LogP contribution in [0, 0.1) is 0 Å². The number of aliphatic carboxylic acids is 1. The lowest BCUT2D eigenvalue weighted by Crippen LogP contribution is -2.61. The second-order valence-electron chi connectivity index (χ2n) is 4.72. The highest BCUT2D eigenvalue weighted by Crippen LogP contribution is 2.25. The topological polar surface area (TPSA) is 72.8 Å². The number of piperazine rings is 1. The van der Waals surface area contributed by atoms with Gasteiger partial charge in [-0.3, -0.25) is 9.69 Å². The summed E-state index contributed by atoms with van der Waals surface area (Å²) in [7, 11) is 0. The molecule has 0 aromatic carbocycles. The van der Waals surface area contributed by atoms with Crippen LogP contribution < -0.4 is 5.32 Å². The Kier molecular flexibility index (Phi) is 3.78. The summed E-state index contributed by atoms with van der Waals surface area (Å²) in [4.78, 5) is 13.1. The maximum Gasteiger partial charge on any atom is 0.322 e. The summed E-state index contributed by atoms with van der Waals surface area (Å²) >= 11 is 0. The largest absolute Gasteiger partial charge is 0.480 e. The molecule has 1 heterocycles. The van der Waals surface area contributed by atoms with Gasteiger partial charge in [-0.1, -0.05) is 12.8 Å². The molecule has 5 heteroatoms. The van der Waals surface area contributed by atoms with Crippen LogP contribution in [0.4, 0.5) is 0 Å². The number of hydrogen-bond acceptors (Lipinski definition) is 4. The standard InChI is InChI=1S/C11H20N2O3/c14-10-4-2-1-3-8(10)13-6-5-12-7-9(13)11(15)16/h8-10,12,14H,1-7H2,(H,15,16). The molecule has 0 spiro atoms. The van der Waals surface area contributed by atoms with E-state index in [9.17, 15) is 9.90 Å². The minimum Gasteiger partial charge on any atom is -0.480 e. The van der Waals surface area contributed by atoms with Crippen LogP contribution in [0.3, 0.4) is 0 Å². The van der Waals surface area contributed by atoms with Crippen molar-refractivity contribution in [3.05, 3.63) is 0 Å². The van der Waals surface area contributed by atoms with Crippen LogP contribution in [-0.2, 0) is 4.79 Å². The van der Waals surface area contributed by atoms with Crippen molar-refractivity contribution in [1.29, 1.82) is 0 Å². The van der Waals surface area contributed by atoms with E-state index in [1.165, 1.54) is 0 Å². The monoisotopic (exact) mass is 228 g/mol. The first-order valence-electron chi connectivity index (χ1n) is 6.07. The van der Waals surface area contributed by atoms with E-state index in [0.29, 0.717) is 6.54 Å². The van der Waals surface area contributed by atoms with Crippen LogP contribution >= 0.6 is 0 Å². The number of hydrogen-bond donors (Lipinski definition) is 3. The van der Waals surface area contributed by atoms with Crippen LogP contribution in [-0.4, -0.2) is 58.9 Å². The number of nitrogens with zero attached hydrogens (tertiary/aromatic N) is 1. The number of rotatable bonds is 2. The van der Waals surface area contributed by atoms with Crippen molar-refractivity contribution in [1.82, 2.24) is 10.2 Å². The second-order valence-corrected chi connectivity index (χ2v) is 4.72. The lowest BCUT2D eigenvalue weighted by atomic mass is 9.90. The van der Waals surface area contributed by atoms with E-state index in [2.05, 4.69) is 5.32 Å². The van der Waals surface area contributed by atoms with Gasteiger partial charge in [-0.2, -0.15) is 0 Å². The van der Waals surface area contributed by atoms with Gasteiger partial charge in [0.25, 0.3) is 0 Å². The van der Waals surface area contributed by atoms with Gasteiger partial charge in [0, 0.05) is 25.7 Å². The predicted octanol–water partition coefficient (Wildman–Crippen LogP) is -0.352. The van der Waals surface area contributed by atoms with Gasteiger partial charge in [0.15, 0.2) is 0 Å². The fraction of sp³-hybridized carbons (Fsp3) is 0.909. The number of carboxylic acid groups (broad SMARTS) is 1. The third-order valence-electron chi connectivity index (χ3n) is 3.69. The Morgan fingerprint density at radius 2 is 2.06 bits per heavy atom. The summed E-state index contributed by atoms with van der Waals surface area (Å²) in [6.45, 7) is 2.02. The maximum absolute atomic E-state index is 11.2. The van der Waals surface area contributed by atoms with Gasteiger partial charge in [-0.25, -0.2) is 0 Å². The Morgan fingerprint density at radius 1 is 1.31 bits per heavy atom. The minimum absolute atomic E-state index is 0.0388. The number of aliphatic hydroxyl groups excluding tert-OH is 1. The third-order valence-corrected chi connectivity index (χ3v) is 3.69. The Morgan fingerprint density at radius 3 is 2.75 bits per heavy atom. The fourth-order valence-electron chi connectivity index (χ4n) is 2.82. The van der Waals surface area contributed by atoms with E-state index in [1.807, 2.05) is 4.90 Å². The van der Waals surface area contributed by atoms with Crippen molar-refractivity contribution in [3.63, 3.8) is 0 Å². The molecular weight excluding hydrogens is 208 g/mol. The van der Waals surface area contributed by atoms with Gasteiger partial charge in [0.05, 0.1) is 6.10 Å². The average molecular weight is 228 g/mol. The fourth-order valence-corrected chi connectivity index (χ4v) is 2.82. The Bertz CT molecular complexity index is 260. The average Bonchev–Trinajstić information content (AvgIpc) is 2.29.